The molecule has 236 valence electrons. The summed E-state index contributed by atoms with van der Waals surface area (Å²) >= 11 is 0. The van der Waals surface area contributed by atoms with Crippen LogP contribution < -0.4 is 21.1 Å². The second-order valence-electron chi connectivity index (χ2n) is 10.9. The first-order valence-electron chi connectivity index (χ1n) is 13.3. The number of carbonyl (C=O) groups excluding carboxylic acids is 1. The van der Waals surface area contributed by atoms with E-state index in [0.717, 1.165) is 12.3 Å². The van der Waals surface area contributed by atoms with E-state index in [0.29, 0.717) is 16.8 Å². The number of ether oxygens (including phenoxy) is 1. The molecule has 11 nitrogen and oxygen atoms in total. The summed E-state index contributed by atoms with van der Waals surface area (Å²) in [6, 6.07) is 11.7. The van der Waals surface area contributed by atoms with Crippen molar-refractivity contribution >= 4 is 21.4 Å². The van der Waals surface area contributed by atoms with Crippen molar-refractivity contribution in [1.82, 2.24) is 15.2 Å². The van der Waals surface area contributed by atoms with Gasteiger partial charge in [-0.05, 0) is 35.9 Å². The van der Waals surface area contributed by atoms with Crippen molar-refractivity contribution in [3.05, 3.63) is 72.2 Å². The molecule has 4 aromatic rings. The van der Waals surface area contributed by atoms with Crippen LogP contribution in [-0.4, -0.2) is 53.6 Å². The standard InChI is InChI=1S/C28H23F5N6O5S/c29-27(30)13-26(35,14-27)25-38-37-23(43-25)17-5-8-22-21(9-17)39(24(40)19(34)12-45(22,41)42)11-15-1-3-16(4-2-15)20-7-6-18(10-36-20)44-28(31,32)33/h1-10,19H,11-14,34-35H2/t19-/m0/s1. The lowest BCUT2D eigenvalue weighted by Crippen LogP contribution is -2.55. The second kappa shape index (κ2) is 10.6. The fraction of sp³-hybridized carbons (Fsp3) is 0.286. The lowest BCUT2D eigenvalue weighted by atomic mass is 9.74. The first-order chi connectivity index (χ1) is 21.0. The number of sulfone groups is 1. The highest BCUT2D eigenvalue weighted by Crippen LogP contribution is 2.49. The Balaban J connectivity index is 1.30. The fourth-order valence-electron chi connectivity index (χ4n) is 5.28. The third-order valence-electron chi connectivity index (χ3n) is 7.37. The number of nitrogens with two attached hydrogens (primary N) is 2. The van der Waals surface area contributed by atoms with Gasteiger partial charge in [-0.3, -0.25) is 9.78 Å². The summed E-state index contributed by atoms with van der Waals surface area (Å²) in [6.07, 6.45) is -5.26. The van der Waals surface area contributed by atoms with Gasteiger partial charge in [0.1, 0.15) is 11.3 Å². The smallest absolute Gasteiger partial charge is 0.419 e. The van der Waals surface area contributed by atoms with E-state index < -0.39 is 64.0 Å². The van der Waals surface area contributed by atoms with Crippen LogP contribution in [-0.2, 0) is 26.7 Å². The molecule has 3 heterocycles. The van der Waals surface area contributed by atoms with Crippen LogP contribution in [0.4, 0.5) is 27.6 Å². The Kier molecular flexibility index (Phi) is 7.17. The number of fused-ring (bicyclic) bond motifs is 1. The highest BCUT2D eigenvalue weighted by atomic mass is 32.2. The highest BCUT2D eigenvalue weighted by Gasteiger charge is 2.58. The molecule has 1 saturated carbocycles. The number of amides is 1. The molecular weight excluding hydrogens is 627 g/mol. The first-order valence-corrected chi connectivity index (χ1v) is 14.9. The van der Waals surface area contributed by atoms with E-state index in [4.69, 9.17) is 15.9 Å². The largest absolute Gasteiger partial charge is 0.573 e. The maximum atomic E-state index is 13.5. The number of anilines is 1. The van der Waals surface area contributed by atoms with Gasteiger partial charge in [0, 0.05) is 24.0 Å². The molecule has 0 saturated heterocycles. The molecule has 1 fully saturated rings. The van der Waals surface area contributed by atoms with Crippen LogP contribution in [0.5, 0.6) is 5.75 Å². The van der Waals surface area contributed by atoms with Crippen LogP contribution in [0.1, 0.15) is 24.3 Å². The Bertz CT molecular complexity index is 1870. The number of hydrogen-bond donors (Lipinski definition) is 2. The van der Waals surface area contributed by atoms with Crippen molar-refractivity contribution in [1.29, 1.82) is 0 Å². The summed E-state index contributed by atoms with van der Waals surface area (Å²) in [5.41, 5.74) is 12.2. The van der Waals surface area contributed by atoms with Crippen LogP contribution in [0.15, 0.2) is 70.1 Å². The molecule has 1 aliphatic carbocycles. The van der Waals surface area contributed by atoms with Gasteiger partial charge in [-0.25, -0.2) is 17.2 Å². The predicted octanol–water partition coefficient (Wildman–Crippen LogP) is 3.93. The summed E-state index contributed by atoms with van der Waals surface area (Å²) in [6.45, 7) is -0.110. The van der Waals surface area contributed by atoms with E-state index in [2.05, 4.69) is 19.9 Å². The van der Waals surface area contributed by atoms with Crippen molar-refractivity contribution in [2.24, 2.45) is 11.5 Å². The molecule has 0 unspecified atom stereocenters. The van der Waals surface area contributed by atoms with Gasteiger partial charge in [0.15, 0.2) is 9.84 Å². The average Bonchev–Trinajstić information content (AvgIpc) is 3.43. The van der Waals surface area contributed by atoms with Gasteiger partial charge in [-0.15, -0.1) is 23.4 Å². The van der Waals surface area contributed by atoms with Crippen molar-refractivity contribution in [2.45, 2.75) is 48.1 Å². The SMILES string of the molecule is N[C@H]1CS(=O)(=O)c2ccc(-c3nnc(C4(N)CC(F)(F)C4)o3)cc2N(Cc2ccc(-c3ccc(OC(F)(F)F)cn3)cc2)C1=O. The van der Waals surface area contributed by atoms with Gasteiger partial charge in [0.25, 0.3) is 5.92 Å². The van der Waals surface area contributed by atoms with E-state index in [9.17, 15) is 35.2 Å². The summed E-state index contributed by atoms with van der Waals surface area (Å²) in [4.78, 5) is 18.4. The lowest BCUT2D eigenvalue weighted by molar-refractivity contribution is -0.274. The Morgan fingerprint density at radius 3 is 2.33 bits per heavy atom. The van der Waals surface area contributed by atoms with E-state index in [-0.39, 0.29) is 34.5 Å². The monoisotopic (exact) mass is 650 g/mol. The zero-order valence-corrected chi connectivity index (χ0v) is 23.8. The van der Waals surface area contributed by atoms with Gasteiger partial charge in [-0.1, -0.05) is 24.3 Å². The van der Waals surface area contributed by atoms with Crippen LogP contribution in [0.25, 0.3) is 22.7 Å². The van der Waals surface area contributed by atoms with Crippen molar-refractivity contribution < 1.29 is 44.3 Å². The van der Waals surface area contributed by atoms with Crippen molar-refractivity contribution in [2.75, 3.05) is 10.7 Å². The Hall–Kier alpha value is -4.48. The summed E-state index contributed by atoms with van der Waals surface area (Å²) in [5.74, 6) is -5.05. The molecule has 1 atom stereocenters. The highest BCUT2D eigenvalue weighted by molar-refractivity contribution is 7.91. The Labute approximate surface area is 251 Å². The number of alkyl halides is 5. The number of benzene rings is 2. The van der Waals surface area contributed by atoms with Gasteiger partial charge < -0.3 is 25.5 Å². The minimum absolute atomic E-state index is 0.00571. The van der Waals surface area contributed by atoms with Crippen LogP contribution in [0, 0.1) is 0 Å². The third-order valence-corrected chi connectivity index (χ3v) is 9.19. The number of nitrogens with zero attached hydrogens (tertiary/aromatic N) is 4. The Morgan fingerprint density at radius 2 is 1.71 bits per heavy atom. The minimum Gasteiger partial charge on any atom is -0.419 e. The van der Waals surface area contributed by atoms with Gasteiger partial charge in [-0.2, -0.15) is 0 Å². The van der Waals surface area contributed by atoms with Gasteiger partial charge >= 0.3 is 6.36 Å². The van der Waals surface area contributed by atoms with Crippen molar-refractivity contribution in [3.63, 3.8) is 0 Å². The van der Waals surface area contributed by atoms with E-state index in [1.165, 1.54) is 29.2 Å². The minimum atomic E-state index is -4.85. The second-order valence-corrected chi connectivity index (χ2v) is 12.9. The van der Waals surface area contributed by atoms with Crippen LogP contribution in [0.3, 0.4) is 0 Å². The first kappa shape index (κ1) is 30.5. The van der Waals surface area contributed by atoms with Gasteiger partial charge in [0.2, 0.25) is 17.7 Å². The number of hydrogen-bond acceptors (Lipinski definition) is 10. The predicted molar refractivity (Wildman–Crippen MR) is 147 cm³/mol. The molecule has 2 aliphatic rings. The molecule has 4 N–H and O–H groups in total. The quantitative estimate of drug-likeness (QED) is 0.292. The van der Waals surface area contributed by atoms with Gasteiger partial charge in [0.05, 0.1) is 40.8 Å². The molecule has 6 rings (SSSR count). The maximum Gasteiger partial charge on any atom is 0.573 e. The van der Waals surface area contributed by atoms with E-state index >= 15 is 0 Å². The van der Waals surface area contributed by atoms with Crippen molar-refractivity contribution in [3.8, 4) is 28.5 Å². The molecule has 2 aromatic heterocycles. The maximum absolute atomic E-state index is 13.5. The number of halogens is 5. The van der Waals surface area contributed by atoms with Crippen LogP contribution >= 0.6 is 0 Å². The molecule has 2 aromatic carbocycles. The zero-order valence-electron chi connectivity index (χ0n) is 23.0. The molecular formula is C28H23F5N6O5S. The normalized spacial score (nSPS) is 20.2. The van der Waals surface area contributed by atoms with E-state index in [1.807, 2.05) is 0 Å². The summed E-state index contributed by atoms with van der Waals surface area (Å²) in [5, 5.41) is 7.73. The topological polar surface area (TPSA) is 168 Å². The molecule has 0 spiro atoms. The molecule has 0 bridgehead atoms. The third kappa shape index (κ3) is 6.10. The zero-order chi connectivity index (χ0) is 32.4. The Morgan fingerprint density at radius 1 is 1.02 bits per heavy atom. The number of rotatable bonds is 6. The van der Waals surface area contributed by atoms with E-state index in [1.54, 1.807) is 24.3 Å². The molecule has 17 heteroatoms. The number of aromatic nitrogens is 3. The summed E-state index contributed by atoms with van der Waals surface area (Å²) in [7, 11) is -4.01. The fourth-order valence-corrected chi connectivity index (χ4v) is 6.83. The number of carbonyl (C=O) groups is 1. The molecule has 0 radical (unpaired) electrons. The molecule has 45 heavy (non-hydrogen) atoms. The number of pyridine rings is 1. The van der Waals surface area contributed by atoms with Crippen LogP contribution in [0.2, 0.25) is 0 Å². The summed E-state index contributed by atoms with van der Waals surface area (Å²) < 4.78 is 100. The average molecular weight is 651 g/mol. The molecule has 1 amide bonds. The lowest BCUT2D eigenvalue weighted by Gasteiger charge is -2.41. The molecule has 1 aliphatic heterocycles.